The highest BCUT2D eigenvalue weighted by molar-refractivity contribution is 5.91. The SMILES string of the molecule is CC(=O)O[C@H]1CC[C@H]2[C@@H]3CCC4=CC(=O)CC[C@]4(C)[C@@H]3CC[C@]12C. The van der Waals surface area contributed by atoms with Gasteiger partial charge in [0, 0.05) is 18.8 Å². The average Bonchev–Trinajstić information content (AvgIpc) is 2.84. The number of carbonyl (C=O) groups is 2. The first-order valence-corrected chi connectivity index (χ1v) is 9.76. The van der Waals surface area contributed by atoms with Gasteiger partial charge in [0.1, 0.15) is 6.10 Å². The molecule has 0 saturated heterocycles. The summed E-state index contributed by atoms with van der Waals surface area (Å²) in [4.78, 5) is 23.4. The van der Waals surface area contributed by atoms with Crippen LogP contribution in [-0.4, -0.2) is 17.9 Å². The molecule has 0 N–H and O–H groups in total. The van der Waals surface area contributed by atoms with E-state index in [2.05, 4.69) is 13.8 Å². The van der Waals surface area contributed by atoms with E-state index in [1.807, 2.05) is 6.08 Å². The average molecular weight is 330 g/mol. The van der Waals surface area contributed by atoms with Gasteiger partial charge in [-0.05, 0) is 74.2 Å². The topological polar surface area (TPSA) is 43.4 Å². The first-order chi connectivity index (χ1) is 11.3. The van der Waals surface area contributed by atoms with Gasteiger partial charge in [-0.1, -0.05) is 19.4 Å². The van der Waals surface area contributed by atoms with E-state index in [1.54, 1.807) is 6.92 Å². The van der Waals surface area contributed by atoms with Crippen LogP contribution in [0.15, 0.2) is 11.6 Å². The van der Waals surface area contributed by atoms with Crippen LogP contribution in [0.1, 0.15) is 72.1 Å². The van der Waals surface area contributed by atoms with Crippen molar-refractivity contribution in [1.29, 1.82) is 0 Å². The second-order valence-corrected chi connectivity index (χ2v) is 9.19. The molecule has 0 radical (unpaired) electrons. The second-order valence-electron chi connectivity index (χ2n) is 9.19. The molecular formula is C21H30O3. The molecule has 4 aliphatic carbocycles. The van der Waals surface area contributed by atoms with E-state index in [1.165, 1.54) is 24.8 Å². The molecule has 6 atom stereocenters. The van der Waals surface area contributed by atoms with Crippen LogP contribution < -0.4 is 0 Å². The molecule has 0 bridgehead atoms. The van der Waals surface area contributed by atoms with E-state index in [-0.39, 0.29) is 22.9 Å². The molecule has 24 heavy (non-hydrogen) atoms. The molecule has 0 spiro atoms. The Morgan fingerprint density at radius 2 is 1.88 bits per heavy atom. The standard InChI is InChI=1S/C21H30O3/c1-13(22)24-19-7-6-17-16-5-4-14-12-15(23)8-10-20(14,2)18(16)9-11-21(17,19)3/h12,16-19H,4-11H2,1-3H3/t16-,17-,18+,19-,20-,21-/m0/s1. The maximum absolute atomic E-state index is 11.9. The zero-order chi connectivity index (χ0) is 17.1. The zero-order valence-electron chi connectivity index (χ0n) is 15.3. The predicted molar refractivity (Wildman–Crippen MR) is 92.3 cm³/mol. The third-order valence-electron chi connectivity index (χ3n) is 8.18. The Morgan fingerprint density at radius 3 is 2.62 bits per heavy atom. The summed E-state index contributed by atoms with van der Waals surface area (Å²) in [6, 6.07) is 0. The first kappa shape index (κ1) is 16.4. The van der Waals surface area contributed by atoms with Crippen LogP contribution >= 0.6 is 0 Å². The second kappa shape index (κ2) is 5.44. The lowest BCUT2D eigenvalue weighted by Gasteiger charge is -2.57. The van der Waals surface area contributed by atoms with Crippen molar-refractivity contribution in [3.05, 3.63) is 11.6 Å². The van der Waals surface area contributed by atoms with Gasteiger partial charge in [0.05, 0.1) is 0 Å². The Bertz CT molecular complexity index is 606. The molecule has 3 fully saturated rings. The van der Waals surface area contributed by atoms with Gasteiger partial charge in [0.25, 0.3) is 0 Å². The molecule has 3 nitrogen and oxygen atoms in total. The van der Waals surface area contributed by atoms with Crippen molar-refractivity contribution in [2.45, 2.75) is 78.2 Å². The molecule has 0 unspecified atom stereocenters. The summed E-state index contributed by atoms with van der Waals surface area (Å²) >= 11 is 0. The number of esters is 1. The van der Waals surface area contributed by atoms with Crippen LogP contribution in [0.3, 0.4) is 0 Å². The quantitative estimate of drug-likeness (QED) is 0.667. The number of ketones is 1. The number of fused-ring (bicyclic) bond motifs is 5. The van der Waals surface area contributed by atoms with Gasteiger partial charge >= 0.3 is 5.97 Å². The van der Waals surface area contributed by atoms with Gasteiger partial charge in [0.15, 0.2) is 5.78 Å². The van der Waals surface area contributed by atoms with Crippen molar-refractivity contribution < 1.29 is 14.3 Å². The molecule has 3 heteroatoms. The highest BCUT2D eigenvalue weighted by atomic mass is 16.5. The minimum Gasteiger partial charge on any atom is -0.462 e. The van der Waals surface area contributed by atoms with Crippen LogP contribution in [0.25, 0.3) is 0 Å². The van der Waals surface area contributed by atoms with Gasteiger partial charge < -0.3 is 4.74 Å². The normalized spacial score (nSPS) is 47.3. The number of rotatable bonds is 1. The van der Waals surface area contributed by atoms with E-state index < -0.39 is 0 Å². The van der Waals surface area contributed by atoms with Crippen molar-refractivity contribution in [3.8, 4) is 0 Å². The monoisotopic (exact) mass is 330 g/mol. The first-order valence-electron chi connectivity index (χ1n) is 9.76. The molecule has 0 heterocycles. The Morgan fingerprint density at radius 1 is 1.08 bits per heavy atom. The van der Waals surface area contributed by atoms with Crippen molar-refractivity contribution in [2.75, 3.05) is 0 Å². The van der Waals surface area contributed by atoms with Crippen molar-refractivity contribution in [1.82, 2.24) is 0 Å². The number of allylic oxidation sites excluding steroid dienone is 1. The molecule has 132 valence electrons. The molecular weight excluding hydrogens is 300 g/mol. The minimum atomic E-state index is -0.129. The minimum absolute atomic E-state index is 0.110. The summed E-state index contributed by atoms with van der Waals surface area (Å²) in [6.07, 6.45) is 10.8. The highest BCUT2D eigenvalue weighted by Crippen LogP contribution is 2.65. The van der Waals surface area contributed by atoms with E-state index in [0.717, 1.165) is 38.0 Å². The smallest absolute Gasteiger partial charge is 0.302 e. The zero-order valence-corrected chi connectivity index (χ0v) is 15.3. The van der Waals surface area contributed by atoms with Gasteiger partial charge in [-0.15, -0.1) is 0 Å². The van der Waals surface area contributed by atoms with E-state index in [0.29, 0.717) is 17.6 Å². The van der Waals surface area contributed by atoms with E-state index >= 15 is 0 Å². The molecule has 0 amide bonds. The molecule has 4 rings (SSSR count). The Labute approximate surface area is 145 Å². The van der Waals surface area contributed by atoms with Gasteiger partial charge in [-0.2, -0.15) is 0 Å². The van der Waals surface area contributed by atoms with Crippen molar-refractivity contribution >= 4 is 11.8 Å². The fraction of sp³-hybridized carbons (Fsp3) is 0.810. The fourth-order valence-electron chi connectivity index (χ4n) is 6.91. The lowest BCUT2D eigenvalue weighted by Crippen LogP contribution is -2.51. The van der Waals surface area contributed by atoms with Crippen LogP contribution in [0, 0.1) is 28.6 Å². The maximum atomic E-state index is 11.9. The summed E-state index contributed by atoms with van der Waals surface area (Å²) in [7, 11) is 0. The molecule has 0 aromatic rings. The van der Waals surface area contributed by atoms with Gasteiger partial charge in [-0.3, -0.25) is 9.59 Å². The number of ether oxygens (including phenoxy) is 1. The molecule has 0 aromatic heterocycles. The van der Waals surface area contributed by atoms with Crippen LogP contribution in [0.4, 0.5) is 0 Å². The Balaban J connectivity index is 1.62. The van der Waals surface area contributed by atoms with Crippen LogP contribution in [0.2, 0.25) is 0 Å². The number of carbonyl (C=O) groups excluding carboxylic acids is 2. The summed E-state index contributed by atoms with van der Waals surface area (Å²) in [5, 5.41) is 0. The molecule has 4 aliphatic rings. The fourth-order valence-corrected chi connectivity index (χ4v) is 6.91. The molecule has 3 saturated carbocycles. The van der Waals surface area contributed by atoms with Crippen LogP contribution in [-0.2, 0) is 14.3 Å². The summed E-state index contributed by atoms with van der Waals surface area (Å²) in [6.45, 7) is 6.33. The molecule has 0 aliphatic heterocycles. The van der Waals surface area contributed by atoms with Crippen molar-refractivity contribution in [3.63, 3.8) is 0 Å². The third-order valence-corrected chi connectivity index (χ3v) is 8.18. The van der Waals surface area contributed by atoms with Gasteiger partial charge in [0.2, 0.25) is 0 Å². The Kier molecular flexibility index (Phi) is 3.71. The van der Waals surface area contributed by atoms with Crippen molar-refractivity contribution in [2.24, 2.45) is 28.6 Å². The van der Waals surface area contributed by atoms with E-state index in [4.69, 9.17) is 4.74 Å². The molecule has 0 aromatic carbocycles. The summed E-state index contributed by atoms with van der Waals surface area (Å²) < 4.78 is 5.71. The number of hydrogen-bond donors (Lipinski definition) is 0. The van der Waals surface area contributed by atoms with Crippen LogP contribution in [0.5, 0.6) is 0 Å². The predicted octanol–water partition coefficient (Wildman–Crippen LogP) is 4.45. The number of hydrogen-bond acceptors (Lipinski definition) is 3. The summed E-state index contributed by atoms with van der Waals surface area (Å²) in [5.41, 5.74) is 1.82. The third kappa shape index (κ3) is 2.23. The largest absolute Gasteiger partial charge is 0.462 e. The van der Waals surface area contributed by atoms with Gasteiger partial charge in [-0.25, -0.2) is 0 Å². The highest BCUT2D eigenvalue weighted by Gasteiger charge is 2.59. The Hall–Kier alpha value is -1.12. The lowest BCUT2D eigenvalue weighted by atomic mass is 9.47. The maximum Gasteiger partial charge on any atom is 0.302 e. The van der Waals surface area contributed by atoms with E-state index in [9.17, 15) is 9.59 Å². The summed E-state index contributed by atoms with van der Waals surface area (Å²) in [5.74, 6) is 2.32. The lowest BCUT2D eigenvalue weighted by molar-refractivity contribution is -0.157.